The van der Waals surface area contributed by atoms with Crippen LogP contribution in [0.5, 0.6) is 0 Å². The first-order valence-electron chi connectivity index (χ1n) is 3.32. The molecule has 0 saturated carbocycles. The van der Waals surface area contributed by atoms with Gasteiger partial charge in [0.2, 0.25) is 0 Å². The number of nitrogens with zero attached hydrogens (tertiary/aromatic N) is 1. The lowest BCUT2D eigenvalue weighted by molar-refractivity contribution is 0.225. The minimum atomic E-state index is 0.663. The highest BCUT2D eigenvalue weighted by Gasteiger charge is 1.83. The van der Waals surface area contributed by atoms with Gasteiger partial charge in [-0.1, -0.05) is 0 Å². The van der Waals surface area contributed by atoms with Crippen molar-refractivity contribution in [1.29, 1.82) is 0 Å². The molecule has 0 aromatic carbocycles. The van der Waals surface area contributed by atoms with Gasteiger partial charge in [-0.3, -0.25) is 4.99 Å². The summed E-state index contributed by atoms with van der Waals surface area (Å²) < 4.78 is 4.90. The van der Waals surface area contributed by atoms with Crippen molar-refractivity contribution in [2.75, 3.05) is 13.7 Å². The molecule has 58 valence electrons. The quantitative estimate of drug-likeness (QED) is 0.551. The summed E-state index contributed by atoms with van der Waals surface area (Å²) in [5, 5.41) is 0. The van der Waals surface area contributed by atoms with Gasteiger partial charge in [0.05, 0.1) is 6.61 Å². The SMILES string of the molecule is COC/C(C)=C/N=C(C)C. The molecule has 0 fully saturated rings. The van der Waals surface area contributed by atoms with Crippen LogP contribution in [-0.4, -0.2) is 19.4 Å². The molecule has 0 unspecified atom stereocenters. The van der Waals surface area contributed by atoms with Crippen LogP contribution in [0.2, 0.25) is 0 Å². The lowest BCUT2D eigenvalue weighted by Gasteiger charge is -1.94. The maximum Gasteiger partial charge on any atom is 0.0688 e. The zero-order chi connectivity index (χ0) is 7.98. The van der Waals surface area contributed by atoms with E-state index in [9.17, 15) is 0 Å². The van der Waals surface area contributed by atoms with Gasteiger partial charge < -0.3 is 4.74 Å². The Bertz CT molecular complexity index is 143. The third-order valence-corrected chi connectivity index (χ3v) is 0.915. The number of ether oxygens (including phenoxy) is 1. The molecule has 0 saturated heterocycles. The van der Waals surface area contributed by atoms with E-state index in [0.717, 1.165) is 11.3 Å². The van der Waals surface area contributed by atoms with E-state index in [2.05, 4.69) is 4.99 Å². The fourth-order valence-electron chi connectivity index (χ4n) is 0.504. The fourth-order valence-corrected chi connectivity index (χ4v) is 0.504. The van der Waals surface area contributed by atoms with E-state index < -0.39 is 0 Å². The van der Waals surface area contributed by atoms with Crippen molar-refractivity contribution >= 4 is 5.71 Å². The lowest BCUT2D eigenvalue weighted by Crippen LogP contribution is -1.89. The minimum absolute atomic E-state index is 0.663. The van der Waals surface area contributed by atoms with Crippen LogP contribution in [0.25, 0.3) is 0 Å². The van der Waals surface area contributed by atoms with Gasteiger partial charge in [0.15, 0.2) is 0 Å². The summed E-state index contributed by atoms with van der Waals surface area (Å²) in [6.07, 6.45) is 1.83. The van der Waals surface area contributed by atoms with Crippen LogP contribution >= 0.6 is 0 Å². The van der Waals surface area contributed by atoms with Gasteiger partial charge in [-0.25, -0.2) is 0 Å². The van der Waals surface area contributed by atoms with Gasteiger partial charge in [-0.05, 0) is 26.3 Å². The second-order valence-corrected chi connectivity index (χ2v) is 2.48. The summed E-state index contributed by atoms with van der Waals surface area (Å²) >= 11 is 0. The summed E-state index contributed by atoms with van der Waals surface area (Å²) in [6, 6.07) is 0. The molecule has 0 aliphatic rings. The minimum Gasteiger partial charge on any atom is -0.380 e. The van der Waals surface area contributed by atoms with Crippen LogP contribution in [0.15, 0.2) is 16.8 Å². The zero-order valence-corrected chi connectivity index (χ0v) is 7.14. The van der Waals surface area contributed by atoms with Crippen molar-refractivity contribution in [3.05, 3.63) is 11.8 Å². The van der Waals surface area contributed by atoms with Crippen LogP contribution in [-0.2, 0) is 4.74 Å². The van der Waals surface area contributed by atoms with Gasteiger partial charge in [0.1, 0.15) is 0 Å². The van der Waals surface area contributed by atoms with Crippen molar-refractivity contribution in [2.45, 2.75) is 20.8 Å². The molecule has 0 heterocycles. The molecule has 0 radical (unpaired) electrons. The Balaban J connectivity index is 3.79. The van der Waals surface area contributed by atoms with E-state index >= 15 is 0 Å². The average molecular weight is 141 g/mol. The molecular weight excluding hydrogens is 126 g/mol. The number of hydrogen-bond acceptors (Lipinski definition) is 2. The Labute approximate surface area is 62.6 Å². The first kappa shape index (κ1) is 9.37. The molecule has 0 atom stereocenters. The van der Waals surface area contributed by atoms with Crippen molar-refractivity contribution in [2.24, 2.45) is 4.99 Å². The molecule has 2 nitrogen and oxygen atoms in total. The maximum absolute atomic E-state index is 4.90. The van der Waals surface area contributed by atoms with Crippen LogP contribution < -0.4 is 0 Å². The zero-order valence-electron chi connectivity index (χ0n) is 7.14. The highest BCUT2D eigenvalue weighted by molar-refractivity contribution is 5.79. The van der Waals surface area contributed by atoms with Crippen LogP contribution in [0.1, 0.15) is 20.8 Å². The lowest BCUT2D eigenvalue weighted by atomic mass is 10.3. The predicted octanol–water partition coefficient (Wildman–Crippen LogP) is 2.02. The first-order valence-corrected chi connectivity index (χ1v) is 3.32. The Morgan fingerprint density at radius 1 is 1.40 bits per heavy atom. The third kappa shape index (κ3) is 5.51. The number of rotatable bonds is 3. The van der Waals surface area contributed by atoms with Crippen LogP contribution in [0.4, 0.5) is 0 Å². The molecule has 0 aliphatic heterocycles. The molecule has 0 aromatic rings. The molecule has 0 amide bonds. The van der Waals surface area contributed by atoms with Gasteiger partial charge in [-0.2, -0.15) is 0 Å². The van der Waals surface area contributed by atoms with Gasteiger partial charge in [0, 0.05) is 19.0 Å². The summed E-state index contributed by atoms with van der Waals surface area (Å²) in [5.74, 6) is 0. The molecule has 2 heteroatoms. The predicted molar refractivity (Wildman–Crippen MR) is 44.4 cm³/mol. The molecule has 0 N–H and O–H groups in total. The number of methoxy groups -OCH3 is 1. The summed E-state index contributed by atoms with van der Waals surface area (Å²) in [4.78, 5) is 4.12. The standard InChI is InChI=1S/C8H15NO/c1-7(2)9-5-8(3)6-10-4/h5H,6H2,1-4H3/b8-5+. The average Bonchev–Trinajstić information content (AvgIpc) is 1.85. The van der Waals surface area contributed by atoms with E-state index in [1.54, 1.807) is 7.11 Å². The van der Waals surface area contributed by atoms with Crippen LogP contribution in [0.3, 0.4) is 0 Å². The smallest absolute Gasteiger partial charge is 0.0688 e. The topological polar surface area (TPSA) is 21.6 Å². The highest BCUT2D eigenvalue weighted by Crippen LogP contribution is 1.92. The Hall–Kier alpha value is -0.630. The van der Waals surface area contributed by atoms with E-state index in [1.807, 2.05) is 27.0 Å². The Morgan fingerprint density at radius 3 is 2.40 bits per heavy atom. The van der Waals surface area contributed by atoms with Gasteiger partial charge in [0.25, 0.3) is 0 Å². The molecule has 0 bridgehead atoms. The largest absolute Gasteiger partial charge is 0.380 e. The molecule has 10 heavy (non-hydrogen) atoms. The fraction of sp³-hybridized carbons (Fsp3) is 0.625. The summed E-state index contributed by atoms with van der Waals surface area (Å²) in [6.45, 7) is 6.60. The normalized spacial score (nSPS) is 11.4. The second-order valence-electron chi connectivity index (χ2n) is 2.48. The Kier molecular flexibility index (Phi) is 4.85. The third-order valence-electron chi connectivity index (χ3n) is 0.915. The second kappa shape index (κ2) is 5.18. The Morgan fingerprint density at radius 2 is 2.00 bits per heavy atom. The van der Waals surface area contributed by atoms with Crippen molar-refractivity contribution < 1.29 is 4.74 Å². The highest BCUT2D eigenvalue weighted by atomic mass is 16.5. The van der Waals surface area contributed by atoms with Gasteiger partial charge >= 0.3 is 0 Å². The van der Waals surface area contributed by atoms with Crippen molar-refractivity contribution in [1.82, 2.24) is 0 Å². The van der Waals surface area contributed by atoms with E-state index in [-0.39, 0.29) is 0 Å². The summed E-state index contributed by atoms with van der Waals surface area (Å²) in [7, 11) is 1.68. The van der Waals surface area contributed by atoms with Crippen molar-refractivity contribution in [3.63, 3.8) is 0 Å². The van der Waals surface area contributed by atoms with Gasteiger partial charge in [-0.15, -0.1) is 0 Å². The first-order chi connectivity index (χ1) is 4.66. The van der Waals surface area contributed by atoms with Crippen LogP contribution in [0, 0.1) is 0 Å². The van der Waals surface area contributed by atoms with E-state index in [1.165, 1.54) is 0 Å². The molecule has 0 spiro atoms. The molecule has 0 aromatic heterocycles. The molecular formula is C8H15NO. The van der Waals surface area contributed by atoms with E-state index in [0.29, 0.717) is 6.61 Å². The van der Waals surface area contributed by atoms with Crippen molar-refractivity contribution in [3.8, 4) is 0 Å². The van der Waals surface area contributed by atoms with E-state index in [4.69, 9.17) is 4.74 Å². The number of hydrogen-bond donors (Lipinski definition) is 0. The maximum atomic E-state index is 4.90. The molecule has 0 aliphatic carbocycles. The number of aliphatic imine (C=N–C) groups is 1. The molecule has 0 rings (SSSR count). The summed E-state index contributed by atoms with van der Waals surface area (Å²) in [5.41, 5.74) is 2.21. The monoisotopic (exact) mass is 141 g/mol.